The first kappa shape index (κ1) is 13.3. The molecular formula is C15H17NO3. The maximum Gasteiger partial charge on any atom is 0.302 e. The van der Waals surface area contributed by atoms with Crippen molar-refractivity contribution in [2.45, 2.75) is 26.0 Å². The molecule has 3 atom stereocenters. The fourth-order valence-electron chi connectivity index (χ4n) is 2.20. The number of benzene rings is 1. The van der Waals surface area contributed by atoms with Crippen LogP contribution in [0.5, 0.6) is 0 Å². The third-order valence-electron chi connectivity index (χ3n) is 3.15. The average Bonchev–Trinajstić information content (AvgIpc) is 2.34. The van der Waals surface area contributed by atoms with Crippen molar-refractivity contribution >= 4 is 18.0 Å². The Morgan fingerprint density at radius 2 is 2.05 bits per heavy atom. The van der Waals surface area contributed by atoms with Gasteiger partial charge in [0.15, 0.2) is 0 Å². The predicted octanol–water partition coefficient (Wildman–Crippen LogP) is 1.77. The molecule has 0 aromatic heterocycles. The molecule has 1 fully saturated rings. The predicted molar refractivity (Wildman–Crippen MR) is 72.1 cm³/mol. The van der Waals surface area contributed by atoms with Gasteiger partial charge in [-0.1, -0.05) is 42.5 Å². The molecule has 19 heavy (non-hydrogen) atoms. The van der Waals surface area contributed by atoms with Gasteiger partial charge in [-0.3, -0.25) is 9.59 Å². The highest BCUT2D eigenvalue weighted by molar-refractivity contribution is 5.88. The van der Waals surface area contributed by atoms with Gasteiger partial charge in [-0.05, 0) is 12.5 Å². The highest BCUT2D eigenvalue weighted by atomic mass is 16.5. The average molecular weight is 259 g/mol. The van der Waals surface area contributed by atoms with Crippen molar-refractivity contribution in [1.29, 1.82) is 0 Å². The smallest absolute Gasteiger partial charge is 0.302 e. The monoisotopic (exact) mass is 259 g/mol. The number of rotatable bonds is 4. The third-order valence-corrected chi connectivity index (χ3v) is 3.15. The zero-order valence-electron chi connectivity index (χ0n) is 11.0. The Morgan fingerprint density at radius 1 is 1.37 bits per heavy atom. The summed E-state index contributed by atoms with van der Waals surface area (Å²) in [5.74, 6) is -0.738. The van der Waals surface area contributed by atoms with Crippen LogP contribution in [0.3, 0.4) is 0 Å². The molecule has 1 saturated heterocycles. The maximum atomic E-state index is 11.5. The van der Waals surface area contributed by atoms with Gasteiger partial charge in [-0.15, -0.1) is 0 Å². The summed E-state index contributed by atoms with van der Waals surface area (Å²) in [7, 11) is 0. The lowest BCUT2D eigenvalue weighted by molar-refractivity contribution is -0.155. The highest BCUT2D eigenvalue weighted by Crippen LogP contribution is 2.23. The SMILES string of the molecule is CC(=O)O[C@@H](C)[C@H]1C(=O)N[C@H]1/C=C/c1ccccc1. The molecule has 100 valence electrons. The molecule has 1 aromatic rings. The normalized spacial score (nSPS) is 23.6. The van der Waals surface area contributed by atoms with Crippen molar-refractivity contribution in [2.24, 2.45) is 5.92 Å². The van der Waals surface area contributed by atoms with Crippen molar-refractivity contribution in [1.82, 2.24) is 5.32 Å². The molecule has 2 rings (SSSR count). The van der Waals surface area contributed by atoms with Crippen LogP contribution in [0.2, 0.25) is 0 Å². The molecule has 1 aliphatic rings. The minimum Gasteiger partial charge on any atom is -0.462 e. The van der Waals surface area contributed by atoms with Crippen LogP contribution >= 0.6 is 0 Å². The third kappa shape index (κ3) is 3.22. The van der Waals surface area contributed by atoms with E-state index in [0.717, 1.165) is 5.56 Å². The lowest BCUT2D eigenvalue weighted by Crippen LogP contribution is -2.61. The topological polar surface area (TPSA) is 55.4 Å². The summed E-state index contributed by atoms with van der Waals surface area (Å²) in [6.07, 6.45) is 3.48. The van der Waals surface area contributed by atoms with Gasteiger partial charge in [-0.25, -0.2) is 0 Å². The van der Waals surface area contributed by atoms with Crippen LogP contribution in [-0.2, 0) is 14.3 Å². The van der Waals surface area contributed by atoms with Gasteiger partial charge in [0.1, 0.15) is 6.10 Å². The Morgan fingerprint density at radius 3 is 2.63 bits per heavy atom. The Hall–Kier alpha value is -2.10. The summed E-state index contributed by atoms with van der Waals surface area (Å²) < 4.78 is 5.07. The van der Waals surface area contributed by atoms with E-state index in [1.165, 1.54) is 6.92 Å². The molecule has 0 radical (unpaired) electrons. The molecule has 0 unspecified atom stereocenters. The number of nitrogens with one attached hydrogen (secondary N) is 1. The fourth-order valence-corrected chi connectivity index (χ4v) is 2.20. The number of ether oxygens (including phenoxy) is 1. The first-order valence-corrected chi connectivity index (χ1v) is 6.29. The summed E-state index contributed by atoms with van der Waals surface area (Å²) in [6, 6.07) is 9.76. The molecule has 1 aliphatic heterocycles. The standard InChI is InChI=1S/C15H17NO3/c1-10(19-11(2)17)14-13(16-15(14)18)9-8-12-6-4-3-5-7-12/h3-10,13-14H,1-2H3,(H,16,18)/b9-8+/t10-,13-,14+/m0/s1. The van der Waals surface area contributed by atoms with E-state index >= 15 is 0 Å². The van der Waals surface area contributed by atoms with E-state index in [1.54, 1.807) is 6.92 Å². The fraction of sp³-hybridized carbons (Fsp3) is 0.333. The number of carbonyl (C=O) groups is 2. The molecule has 1 heterocycles. The summed E-state index contributed by atoms with van der Waals surface area (Å²) >= 11 is 0. The van der Waals surface area contributed by atoms with Crippen molar-refractivity contribution in [2.75, 3.05) is 0 Å². The van der Waals surface area contributed by atoms with Gasteiger partial charge >= 0.3 is 5.97 Å². The molecular weight excluding hydrogens is 242 g/mol. The Labute approximate surface area is 112 Å². The zero-order chi connectivity index (χ0) is 13.8. The van der Waals surface area contributed by atoms with E-state index in [1.807, 2.05) is 42.5 Å². The van der Waals surface area contributed by atoms with Crippen LogP contribution in [0.15, 0.2) is 36.4 Å². The second-order valence-corrected chi connectivity index (χ2v) is 4.64. The molecule has 0 bridgehead atoms. The van der Waals surface area contributed by atoms with Crippen molar-refractivity contribution in [3.05, 3.63) is 42.0 Å². The van der Waals surface area contributed by atoms with Gasteiger partial charge in [0.05, 0.1) is 12.0 Å². The number of β-lactam (4-membered cyclic amide) rings is 1. The van der Waals surface area contributed by atoms with Gasteiger partial charge in [0, 0.05) is 6.92 Å². The number of hydrogen-bond acceptors (Lipinski definition) is 3. The van der Waals surface area contributed by atoms with Gasteiger partial charge in [0.2, 0.25) is 5.91 Å². The van der Waals surface area contributed by atoms with Gasteiger partial charge in [-0.2, -0.15) is 0 Å². The Bertz CT molecular complexity index is 495. The van der Waals surface area contributed by atoms with Gasteiger partial charge < -0.3 is 10.1 Å². The summed E-state index contributed by atoms with van der Waals surface area (Å²) in [4.78, 5) is 22.5. The van der Waals surface area contributed by atoms with Crippen LogP contribution < -0.4 is 5.32 Å². The van der Waals surface area contributed by atoms with E-state index in [2.05, 4.69) is 5.32 Å². The molecule has 1 amide bonds. The van der Waals surface area contributed by atoms with Crippen LogP contribution in [0.25, 0.3) is 6.08 Å². The quantitative estimate of drug-likeness (QED) is 0.662. The Kier molecular flexibility index (Phi) is 4.00. The maximum absolute atomic E-state index is 11.5. The zero-order valence-corrected chi connectivity index (χ0v) is 11.0. The second-order valence-electron chi connectivity index (χ2n) is 4.64. The first-order chi connectivity index (χ1) is 9.08. The Balaban J connectivity index is 1.99. The molecule has 1 N–H and O–H groups in total. The van der Waals surface area contributed by atoms with Crippen molar-refractivity contribution in [3.8, 4) is 0 Å². The summed E-state index contributed by atoms with van der Waals surface area (Å²) in [5.41, 5.74) is 1.07. The molecule has 1 aromatic carbocycles. The van der Waals surface area contributed by atoms with E-state index < -0.39 is 6.10 Å². The molecule has 0 aliphatic carbocycles. The second kappa shape index (κ2) is 5.69. The summed E-state index contributed by atoms with van der Waals surface area (Å²) in [6.45, 7) is 3.09. The number of hydrogen-bond donors (Lipinski definition) is 1. The minimum atomic E-state index is -0.406. The highest BCUT2D eigenvalue weighted by Gasteiger charge is 2.42. The lowest BCUT2D eigenvalue weighted by Gasteiger charge is -2.37. The van der Waals surface area contributed by atoms with Crippen molar-refractivity contribution in [3.63, 3.8) is 0 Å². The minimum absolute atomic E-state index is 0.0727. The van der Waals surface area contributed by atoms with Crippen LogP contribution in [-0.4, -0.2) is 24.0 Å². The van der Waals surface area contributed by atoms with Crippen LogP contribution in [0.4, 0.5) is 0 Å². The van der Waals surface area contributed by atoms with E-state index in [0.29, 0.717) is 0 Å². The van der Waals surface area contributed by atoms with E-state index in [4.69, 9.17) is 4.74 Å². The van der Waals surface area contributed by atoms with E-state index in [9.17, 15) is 9.59 Å². The van der Waals surface area contributed by atoms with Gasteiger partial charge in [0.25, 0.3) is 0 Å². The van der Waals surface area contributed by atoms with Crippen LogP contribution in [0, 0.1) is 5.92 Å². The molecule has 4 nitrogen and oxygen atoms in total. The van der Waals surface area contributed by atoms with Crippen LogP contribution in [0.1, 0.15) is 19.4 Å². The molecule has 4 heteroatoms. The van der Waals surface area contributed by atoms with E-state index in [-0.39, 0.29) is 23.8 Å². The number of amides is 1. The molecule has 0 spiro atoms. The lowest BCUT2D eigenvalue weighted by atomic mass is 9.85. The molecule has 0 saturated carbocycles. The van der Waals surface area contributed by atoms with Crippen molar-refractivity contribution < 1.29 is 14.3 Å². The number of carbonyl (C=O) groups excluding carboxylic acids is 2. The first-order valence-electron chi connectivity index (χ1n) is 6.29. The summed E-state index contributed by atoms with van der Waals surface area (Å²) in [5, 5.41) is 2.80. The number of esters is 1. The largest absolute Gasteiger partial charge is 0.462 e.